The van der Waals surface area contributed by atoms with Crippen molar-refractivity contribution in [3.05, 3.63) is 10.6 Å². The molecule has 0 bridgehead atoms. The number of carboxylic acid groups (broad SMARTS) is 1. The molecule has 1 atom stereocenters. The van der Waals surface area contributed by atoms with E-state index >= 15 is 0 Å². The van der Waals surface area contributed by atoms with Gasteiger partial charge in [-0.2, -0.15) is 0 Å². The first kappa shape index (κ1) is 15.9. The average molecular weight is 311 g/mol. The lowest BCUT2D eigenvalue weighted by Gasteiger charge is -2.32. The first-order chi connectivity index (χ1) is 10.1. The van der Waals surface area contributed by atoms with Crippen molar-refractivity contribution in [2.24, 2.45) is 5.92 Å². The van der Waals surface area contributed by atoms with E-state index in [1.807, 2.05) is 4.90 Å². The summed E-state index contributed by atoms with van der Waals surface area (Å²) in [6, 6.07) is 0. The third kappa shape index (κ3) is 4.23. The molecule has 1 aliphatic rings. The number of aromatic nitrogens is 2. The lowest BCUT2D eigenvalue weighted by atomic mass is 9.93. The van der Waals surface area contributed by atoms with Crippen LogP contribution in [0.5, 0.6) is 0 Å². The summed E-state index contributed by atoms with van der Waals surface area (Å²) in [5.74, 6) is -0.474. The van der Waals surface area contributed by atoms with Crippen LogP contribution in [0.4, 0.5) is 0 Å². The van der Waals surface area contributed by atoms with Crippen molar-refractivity contribution in [2.45, 2.75) is 45.4 Å². The standard InChI is InChI=1S/C14H21N3O3S/c1-2-4-11-13(21-16-15-11)14(20)17-8-3-5-10(9-17)6-7-12(18)19/h10H,2-9H2,1H3,(H,18,19). The van der Waals surface area contributed by atoms with Gasteiger partial charge in [0.05, 0.1) is 5.69 Å². The number of aryl methyl sites for hydroxylation is 1. The van der Waals surface area contributed by atoms with Crippen molar-refractivity contribution >= 4 is 23.4 Å². The molecule has 0 spiro atoms. The Hall–Kier alpha value is -1.50. The number of nitrogens with zero attached hydrogens (tertiary/aromatic N) is 3. The maximum Gasteiger partial charge on any atom is 0.303 e. The molecule has 0 radical (unpaired) electrons. The molecule has 6 nitrogen and oxygen atoms in total. The molecule has 0 aliphatic carbocycles. The smallest absolute Gasteiger partial charge is 0.303 e. The third-order valence-electron chi connectivity index (χ3n) is 3.81. The maximum absolute atomic E-state index is 12.6. The van der Waals surface area contributed by atoms with Gasteiger partial charge in [-0.15, -0.1) is 5.10 Å². The van der Waals surface area contributed by atoms with Crippen LogP contribution in [-0.2, 0) is 11.2 Å². The van der Waals surface area contributed by atoms with Crippen LogP contribution in [0.25, 0.3) is 0 Å². The molecule has 1 fully saturated rings. The van der Waals surface area contributed by atoms with Crippen LogP contribution >= 0.6 is 11.5 Å². The monoisotopic (exact) mass is 311 g/mol. The SMILES string of the molecule is CCCc1nnsc1C(=O)N1CCCC(CCC(=O)O)C1. The number of hydrogen-bond acceptors (Lipinski definition) is 5. The zero-order valence-electron chi connectivity index (χ0n) is 12.2. The number of likely N-dealkylation sites (tertiary alicyclic amines) is 1. The minimum atomic E-state index is -0.768. The first-order valence-electron chi connectivity index (χ1n) is 7.44. The van der Waals surface area contributed by atoms with Crippen LogP contribution in [0.3, 0.4) is 0 Å². The Morgan fingerprint density at radius 2 is 2.29 bits per heavy atom. The molecule has 2 heterocycles. The zero-order valence-corrected chi connectivity index (χ0v) is 13.1. The Morgan fingerprint density at radius 3 is 3.00 bits per heavy atom. The fourth-order valence-electron chi connectivity index (χ4n) is 2.73. The molecule has 0 saturated carbocycles. The summed E-state index contributed by atoms with van der Waals surface area (Å²) < 4.78 is 3.90. The van der Waals surface area contributed by atoms with Gasteiger partial charge in [-0.3, -0.25) is 9.59 Å². The van der Waals surface area contributed by atoms with E-state index in [9.17, 15) is 9.59 Å². The van der Waals surface area contributed by atoms with Gasteiger partial charge in [0.2, 0.25) is 0 Å². The van der Waals surface area contributed by atoms with E-state index in [-0.39, 0.29) is 18.2 Å². The van der Waals surface area contributed by atoms with Crippen LogP contribution in [0.1, 0.15) is 54.4 Å². The molecule has 7 heteroatoms. The number of aliphatic carboxylic acids is 1. The number of piperidine rings is 1. The second-order valence-electron chi connectivity index (χ2n) is 5.49. The van der Waals surface area contributed by atoms with E-state index in [2.05, 4.69) is 16.5 Å². The van der Waals surface area contributed by atoms with Gasteiger partial charge in [0.25, 0.3) is 5.91 Å². The Kier molecular flexibility index (Phi) is 5.67. The summed E-state index contributed by atoms with van der Waals surface area (Å²) in [4.78, 5) is 25.7. The summed E-state index contributed by atoms with van der Waals surface area (Å²) in [5, 5.41) is 12.8. The minimum Gasteiger partial charge on any atom is -0.481 e. The maximum atomic E-state index is 12.6. The number of carbonyl (C=O) groups excluding carboxylic acids is 1. The fourth-order valence-corrected chi connectivity index (χ4v) is 3.40. The Bertz CT molecular complexity index is 503. The van der Waals surface area contributed by atoms with Gasteiger partial charge in [-0.25, -0.2) is 0 Å². The number of carbonyl (C=O) groups is 2. The van der Waals surface area contributed by atoms with Crippen LogP contribution in [-0.4, -0.2) is 44.6 Å². The summed E-state index contributed by atoms with van der Waals surface area (Å²) in [5.41, 5.74) is 0.792. The summed E-state index contributed by atoms with van der Waals surface area (Å²) in [6.07, 6.45) is 4.46. The normalized spacial score (nSPS) is 18.7. The molecule has 21 heavy (non-hydrogen) atoms. The number of amides is 1. The summed E-state index contributed by atoms with van der Waals surface area (Å²) >= 11 is 1.16. The van der Waals surface area contributed by atoms with E-state index < -0.39 is 5.97 Å². The summed E-state index contributed by atoms with van der Waals surface area (Å²) in [7, 11) is 0. The summed E-state index contributed by atoms with van der Waals surface area (Å²) in [6.45, 7) is 3.44. The highest BCUT2D eigenvalue weighted by molar-refractivity contribution is 7.08. The van der Waals surface area contributed by atoms with Crippen molar-refractivity contribution in [2.75, 3.05) is 13.1 Å². The third-order valence-corrected chi connectivity index (χ3v) is 4.57. The van der Waals surface area contributed by atoms with Gasteiger partial charge in [0.15, 0.2) is 0 Å². The minimum absolute atomic E-state index is 0.00785. The van der Waals surface area contributed by atoms with Crippen molar-refractivity contribution < 1.29 is 14.7 Å². The van der Waals surface area contributed by atoms with Gasteiger partial charge >= 0.3 is 5.97 Å². The molecule has 116 valence electrons. The predicted molar refractivity (Wildman–Crippen MR) is 79.4 cm³/mol. The van der Waals surface area contributed by atoms with Crippen LogP contribution in [0.15, 0.2) is 0 Å². The quantitative estimate of drug-likeness (QED) is 0.871. The number of rotatable bonds is 6. The van der Waals surface area contributed by atoms with Crippen LogP contribution < -0.4 is 0 Å². The largest absolute Gasteiger partial charge is 0.481 e. The topological polar surface area (TPSA) is 83.4 Å². The average Bonchev–Trinajstić information content (AvgIpc) is 2.93. The predicted octanol–water partition coefficient (Wildman–Crippen LogP) is 2.21. The second-order valence-corrected chi connectivity index (χ2v) is 6.24. The van der Waals surface area contributed by atoms with E-state index in [1.54, 1.807) is 0 Å². The van der Waals surface area contributed by atoms with Gasteiger partial charge < -0.3 is 10.0 Å². The van der Waals surface area contributed by atoms with Crippen molar-refractivity contribution in [1.82, 2.24) is 14.5 Å². The zero-order chi connectivity index (χ0) is 15.2. The molecule has 1 aliphatic heterocycles. The molecule has 1 saturated heterocycles. The molecule has 2 rings (SSSR count). The van der Waals surface area contributed by atoms with Gasteiger partial charge in [-0.05, 0) is 43.1 Å². The van der Waals surface area contributed by atoms with Gasteiger partial charge in [0, 0.05) is 19.5 Å². The number of hydrogen-bond donors (Lipinski definition) is 1. The van der Waals surface area contributed by atoms with Crippen molar-refractivity contribution in [1.29, 1.82) is 0 Å². The van der Waals surface area contributed by atoms with Crippen LogP contribution in [0, 0.1) is 5.92 Å². The lowest BCUT2D eigenvalue weighted by molar-refractivity contribution is -0.137. The second kappa shape index (κ2) is 7.49. The van der Waals surface area contributed by atoms with Crippen molar-refractivity contribution in [3.63, 3.8) is 0 Å². The van der Waals surface area contributed by atoms with Gasteiger partial charge in [-0.1, -0.05) is 17.8 Å². The molecule has 1 aromatic heterocycles. The Labute approximate surface area is 128 Å². The first-order valence-corrected chi connectivity index (χ1v) is 8.21. The molecule has 1 aromatic rings. The highest BCUT2D eigenvalue weighted by Gasteiger charge is 2.27. The fraction of sp³-hybridized carbons (Fsp3) is 0.714. The molecule has 1 N–H and O–H groups in total. The van der Waals surface area contributed by atoms with Gasteiger partial charge in [0.1, 0.15) is 4.88 Å². The van der Waals surface area contributed by atoms with Crippen molar-refractivity contribution in [3.8, 4) is 0 Å². The number of carboxylic acids is 1. The Morgan fingerprint density at radius 1 is 1.48 bits per heavy atom. The molecule has 1 amide bonds. The molecular weight excluding hydrogens is 290 g/mol. The molecular formula is C14H21N3O3S. The van der Waals surface area contributed by atoms with E-state index in [1.165, 1.54) is 0 Å². The molecule has 1 unspecified atom stereocenters. The van der Waals surface area contributed by atoms with E-state index in [0.29, 0.717) is 17.8 Å². The van der Waals surface area contributed by atoms with E-state index in [4.69, 9.17) is 5.11 Å². The highest BCUT2D eigenvalue weighted by atomic mass is 32.1. The Balaban J connectivity index is 1.98. The van der Waals surface area contributed by atoms with E-state index in [0.717, 1.165) is 49.5 Å². The lowest BCUT2D eigenvalue weighted by Crippen LogP contribution is -2.40. The highest BCUT2D eigenvalue weighted by Crippen LogP contribution is 2.24. The molecule has 0 aromatic carbocycles. The van der Waals surface area contributed by atoms with Crippen LogP contribution in [0.2, 0.25) is 0 Å².